The first-order valence-corrected chi connectivity index (χ1v) is 8.57. The number of carbonyl (C=O) groups excluding carboxylic acids is 2. The molecule has 1 heterocycles. The minimum Gasteiger partial charge on any atom is -0.395 e. The van der Waals surface area contributed by atoms with E-state index in [0.717, 1.165) is 12.8 Å². The van der Waals surface area contributed by atoms with Crippen molar-refractivity contribution in [1.82, 2.24) is 10.6 Å². The molecule has 4 N–H and O–H groups in total. The van der Waals surface area contributed by atoms with Gasteiger partial charge in [-0.05, 0) is 37.8 Å². The Labute approximate surface area is 149 Å². The summed E-state index contributed by atoms with van der Waals surface area (Å²) in [6, 6.07) is 4.17. The lowest BCUT2D eigenvalue weighted by molar-refractivity contribution is -0.286. The predicted molar refractivity (Wildman–Crippen MR) is 88.0 cm³/mol. The smallest absolute Gasteiger partial charge is 0.395 e. The zero-order valence-corrected chi connectivity index (χ0v) is 14.1. The molecule has 7 nitrogen and oxygen atoms in total. The number of benzene rings is 1. The van der Waals surface area contributed by atoms with Crippen molar-refractivity contribution in [1.29, 1.82) is 0 Å². The van der Waals surface area contributed by atoms with Gasteiger partial charge in [-0.1, -0.05) is 6.07 Å². The zero-order valence-electron chi connectivity index (χ0n) is 14.1. The number of nitrogens with two attached hydrogens (primary N) is 1. The third-order valence-corrected chi connectivity index (χ3v) is 4.47. The van der Waals surface area contributed by atoms with Gasteiger partial charge in [0, 0.05) is 25.0 Å². The maximum Gasteiger partial charge on any atom is 0.586 e. The van der Waals surface area contributed by atoms with Crippen LogP contribution < -0.4 is 25.8 Å². The standard InChI is InChI=1S/C17H21F2N3O4/c18-17(19)25-13-3-1-2-12(15(13)26-17)16(24)22-11-6-4-10(5-7-11)21-14(23)8-9-20/h1-3,10-11H,4-9,20H2,(H,21,23)(H,22,24). The number of carbonyl (C=O) groups is 2. The van der Waals surface area contributed by atoms with Crippen molar-refractivity contribution in [2.45, 2.75) is 50.5 Å². The first kappa shape index (κ1) is 18.4. The molecule has 26 heavy (non-hydrogen) atoms. The molecule has 3 rings (SSSR count). The van der Waals surface area contributed by atoms with Crippen molar-refractivity contribution in [2.24, 2.45) is 5.73 Å². The molecular formula is C17H21F2N3O4. The normalized spacial score (nSPS) is 23.3. The zero-order chi connectivity index (χ0) is 18.7. The number of halogens is 2. The number of rotatable bonds is 5. The third kappa shape index (κ3) is 4.21. The van der Waals surface area contributed by atoms with E-state index in [-0.39, 0.29) is 35.1 Å². The fraction of sp³-hybridized carbons (Fsp3) is 0.529. The number of para-hydroxylation sites is 1. The van der Waals surface area contributed by atoms with Gasteiger partial charge in [0.2, 0.25) is 5.91 Å². The molecular weight excluding hydrogens is 348 g/mol. The largest absolute Gasteiger partial charge is 0.586 e. The van der Waals surface area contributed by atoms with Crippen LogP contribution in [0.5, 0.6) is 11.5 Å². The molecule has 1 aromatic rings. The maximum atomic E-state index is 13.2. The summed E-state index contributed by atoms with van der Waals surface area (Å²) in [5.41, 5.74) is 5.36. The van der Waals surface area contributed by atoms with Crippen molar-refractivity contribution in [3.05, 3.63) is 23.8 Å². The SMILES string of the molecule is NCCC(=O)NC1CCC(NC(=O)c2cccc3c2OC(F)(F)O3)CC1. The minimum atomic E-state index is -3.77. The first-order chi connectivity index (χ1) is 12.4. The lowest BCUT2D eigenvalue weighted by Crippen LogP contribution is -2.44. The van der Waals surface area contributed by atoms with Gasteiger partial charge in [0.05, 0.1) is 5.56 Å². The van der Waals surface area contributed by atoms with Crippen molar-refractivity contribution < 1.29 is 27.8 Å². The van der Waals surface area contributed by atoms with E-state index in [0.29, 0.717) is 25.8 Å². The Morgan fingerprint density at radius 3 is 2.42 bits per heavy atom. The molecule has 0 radical (unpaired) electrons. The molecule has 1 fully saturated rings. The van der Waals surface area contributed by atoms with Gasteiger partial charge < -0.3 is 25.8 Å². The molecule has 2 aliphatic rings. The molecule has 0 unspecified atom stereocenters. The molecule has 0 aromatic heterocycles. The van der Waals surface area contributed by atoms with Gasteiger partial charge in [0.1, 0.15) is 0 Å². The van der Waals surface area contributed by atoms with Crippen LogP contribution in [-0.2, 0) is 4.79 Å². The minimum absolute atomic E-state index is 0.0121. The molecule has 2 amide bonds. The molecule has 1 aliphatic carbocycles. The first-order valence-electron chi connectivity index (χ1n) is 8.57. The highest BCUT2D eigenvalue weighted by molar-refractivity contribution is 5.98. The summed E-state index contributed by atoms with van der Waals surface area (Å²) in [7, 11) is 0. The lowest BCUT2D eigenvalue weighted by atomic mass is 9.91. The van der Waals surface area contributed by atoms with Gasteiger partial charge in [-0.2, -0.15) is 0 Å². The number of hydrogen-bond donors (Lipinski definition) is 3. The van der Waals surface area contributed by atoms with Gasteiger partial charge in [-0.15, -0.1) is 8.78 Å². The highest BCUT2D eigenvalue weighted by atomic mass is 19.3. The van der Waals surface area contributed by atoms with Crippen LogP contribution in [0.2, 0.25) is 0 Å². The molecule has 1 aromatic carbocycles. The molecule has 0 bridgehead atoms. The van der Waals surface area contributed by atoms with Crippen molar-refractivity contribution >= 4 is 11.8 Å². The van der Waals surface area contributed by atoms with Crippen LogP contribution in [0.25, 0.3) is 0 Å². The van der Waals surface area contributed by atoms with E-state index >= 15 is 0 Å². The van der Waals surface area contributed by atoms with Gasteiger partial charge in [0.15, 0.2) is 11.5 Å². The van der Waals surface area contributed by atoms with Crippen LogP contribution in [0.3, 0.4) is 0 Å². The quantitative estimate of drug-likeness (QED) is 0.730. The molecule has 1 aliphatic heterocycles. The average molecular weight is 369 g/mol. The number of amides is 2. The van der Waals surface area contributed by atoms with E-state index in [2.05, 4.69) is 20.1 Å². The summed E-state index contributed by atoms with van der Waals surface area (Å²) < 4.78 is 35.3. The van der Waals surface area contributed by atoms with E-state index < -0.39 is 12.2 Å². The highest BCUT2D eigenvalue weighted by Crippen LogP contribution is 2.43. The van der Waals surface area contributed by atoms with Crippen LogP contribution in [0.1, 0.15) is 42.5 Å². The molecule has 1 saturated carbocycles. The fourth-order valence-electron chi connectivity index (χ4n) is 3.22. The molecule has 142 valence electrons. The van der Waals surface area contributed by atoms with E-state index in [1.165, 1.54) is 18.2 Å². The van der Waals surface area contributed by atoms with Gasteiger partial charge in [-0.3, -0.25) is 9.59 Å². The number of fused-ring (bicyclic) bond motifs is 1. The predicted octanol–water partition coefficient (Wildman–Crippen LogP) is 1.51. The van der Waals surface area contributed by atoms with Crippen LogP contribution in [0.15, 0.2) is 18.2 Å². The van der Waals surface area contributed by atoms with Crippen molar-refractivity contribution in [3.63, 3.8) is 0 Å². The lowest BCUT2D eigenvalue weighted by Gasteiger charge is -2.29. The fourth-order valence-corrected chi connectivity index (χ4v) is 3.22. The molecule has 9 heteroatoms. The van der Waals surface area contributed by atoms with E-state index in [4.69, 9.17) is 5.73 Å². The Bertz CT molecular complexity index is 691. The second-order valence-electron chi connectivity index (χ2n) is 6.43. The number of nitrogens with one attached hydrogen (secondary N) is 2. The third-order valence-electron chi connectivity index (χ3n) is 4.47. The Morgan fingerprint density at radius 2 is 1.77 bits per heavy atom. The molecule has 0 atom stereocenters. The second kappa shape index (κ2) is 7.45. The van der Waals surface area contributed by atoms with Crippen LogP contribution >= 0.6 is 0 Å². The van der Waals surface area contributed by atoms with Gasteiger partial charge in [-0.25, -0.2) is 0 Å². The van der Waals surface area contributed by atoms with Crippen LogP contribution in [0.4, 0.5) is 8.78 Å². The van der Waals surface area contributed by atoms with E-state index in [1.54, 1.807) is 0 Å². The Morgan fingerprint density at radius 1 is 1.12 bits per heavy atom. The van der Waals surface area contributed by atoms with Crippen LogP contribution in [-0.4, -0.2) is 36.7 Å². The Hall–Kier alpha value is -2.42. The highest BCUT2D eigenvalue weighted by Gasteiger charge is 2.45. The van der Waals surface area contributed by atoms with Crippen LogP contribution in [0, 0.1) is 0 Å². The summed E-state index contributed by atoms with van der Waals surface area (Å²) in [6.07, 6.45) is -0.650. The second-order valence-corrected chi connectivity index (χ2v) is 6.43. The maximum absolute atomic E-state index is 13.2. The summed E-state index contributed by atoms with van der Waals surface area (Å²) in [6.45, 7) is 0.309. The Balaban J connectivity index is 1.55. The summed E-state index contributed by atoms with van der Waals surface area (Å²) in [4.78, 5) is 24.0. The summed E-state index contributed by atoms with van der Waals surface area (Å²) in [5, 5.41) is 5.76. The van der Waals surface area contributed by atoms with Crippen molar-refractivity contribution in [2.75, 3.05) is 6.54 Å². The van der Waals surface area contributed by atoms with E-state index in [9.17, 15) is 18.4 Å². The molecule has 0 saturated heterocycles. The Kier molecular flexibility index (Phi) is 5.26. The van der Waals surface area contributed by atoms with Gasteiger partial charge in [0.25, 0.3) is 5.91 Å². The monoisotopic (exact) mass is 369 g/mol. The average Bonchev–Trinajstić information content (AvgIpc) is 2.90. The van der Waals surface area contributed by atoms with Gasteiger partial charge >= 0.3 is 6.29 Å². The molecule has 0 spiro atoms. The van der Waals surface area contributed by atoms with E-state index in [1.807, 2.05) is 0 Å². The topological polar surface area (TPSA) is 103 Å². The number of ether oxygens (including phenoxy) is 2. The summed E-state index contributed by atoms with van der Waals surface area (Å²) >= 11 is 0. The number of alkyl halides is 2. The summed E-state index contributed by atoms with van der Waals surface area (Å²) in [5.74, 6) is -0.969. The number of hydrogen-bond acceptors (Lipinski definition) is 5. The van der Waals surface area contributed by atoms with Crippen molar-refractivity contribution in [3.8, 4) is 11.5 Å².